The molecule has 0 amide bonds. The number of rotatable bonds is 6. The molecule has 0 saturated carbocycles. The lowest BCUT2D eigenvalue weighted by atomic mass is 10.1. The van der Waals surface area contributed by atoms with Crippen LogP contribution in [0.1, 0.15) is 5.56 Å². The van der Waals surface area contributed by atoms with Gasteiger partial charge in [0.25, 0.3) is 10.0 Å². The molecule has 140 valence electrons. The predicted octanol–water partition coefficient (Wildman–Crippen LogP) is 3.48. The number of hydrogen-bond acceptors (Lipinski definition) is 4. The lowest BCUT2D eigenvalue weighted by Gasteiger charge is -2.08. The Morgan fingerprint density at radius 1 is 1.11 bits per heavy atom. The van der Waals surface area contributed by atoms with Gasteiger partial charge in [0.05, 0.1) is 22.3 Å². The van der Waals surface area contributed by atoms with Gasteiger partial charge in [-0.3, -0.25) is 4.72 Å². The van der Waals surface area contributed by atoms with Crippen LogP contribution in [0.4, 0.5) is 10.1 Å². The summed E-state index contributed by atoms with van der Waals surface area (Å²) in [5, 5.41) is 6.23. The number of halogens is 1. The molecular formula is C18H15FN2O4S2. The van der Waals surface area contributed by atoms with Gasteiger partial charge < -0.3 is 4.42 Å². The summed E-state index contributed by atoms with van der Waals surface area (Å²) in [5.74, 6) is 0.0392. The molecule has 2 aromatic carbocycles. The van der Waals surface area contributed by atoms with Gasteiger partial charge in [0, 0.05) is 5.56 Å². The minimum absolute atomic E-state index is 0.0462. The standard InChI is InChI=1S/C18H15FN2O4S2/c19-15-7-8-16(18(12-15)26(20)22)21-27(23,24)11-9-13-3-5-14(6-4-13)17-2-1-10-25-17/h1-12,21H,20H2/b11-9+. The van der Waals surface area contributed by atoms with Crippen LogP contribution in [-0.2, 0) is 21.0 Å². The van der Waals surface area contributed by atoms with E-state index in [1.807, 2.05) is 6.07 Å². The van der Waals surface area contributed by atoms with Gasteiger partial charge in [-0.15, -0.1) is 0 Å². The maximum Gasteiger partial charge on any atom is 0.255 e. The molecule has 27 heavy (non-hydrogen) atoms. The van der Waals surface area contributed by atoms with E-state index in [1.165, 1.54) is 12.1 Å². The Labute approximate surface area is 158 Å². The summed E-state index contributed by atoms with van der Waals surface area (Å²) in [6, 6.07) is 13.8. The van der Waals surface area contributed by atoms with E-state index in [2.05, 4.69) is 4.72 Å². The second-order valence-corrected chi connectivity index (χ2v) is 8.09. The highest BCUT2D eigenvalue weighted by molar-refractivity contribution is 7.95. The van der Waals surface area contributed by atoms with E-state index in [0.29, 0.717) is 11.3 Å². The number of anilines is 1. The minimum atomic E-state index is -3.92. The average molecular weight is 406 g/mol. The Morgan fingerprint density at radius 3 is 2.48 bits per heavy atom. The maximum atomic E-state index is 13.3. The van der Waals surface area contributed by atoms with Crippen LogP contribution in [-0.4, -0.2) is 12.6 Å². The first kappa shape index (κ1) is 19.0. The summed E-state index contributed by atoms with van der Waals surface area (Å²) in [6.45, 7) is 0. The van der Waals surface area contributed by atoms with Crippen LogP contribution in [0.2, 0.25) is 0 Å². The van der Waals surface area contributed by atoms with Gasteiger partial charge in [-0.05, 0) is 42.0 Å². The molecule has 1 atom stereocenters. The Kier molecular flexibility index (Phi) is 5.54. The smallest absolute Gasteiger partial charge is 0.255 e. The molecule has 0 saturated heterocycles. The van der Waals surface area contributed by atoms with E-state index >= 15 is 0 Å². The molecule has 0 fully saturated rings. The summed E-state index contributed by atoms with van der Waals surface area (Å²) < 4.78 is 56.7. The molecular weight excluding hydrogens is 391 g/mol. The Hall–Kier alpha value is -2.75. The Morgan fingerprint density at radius 2 is 1.85 bits per heavy atom. The number of nitrogens with one attached hydrogen (secondary N) is 1. The van der Waals surface area contributed by atoms with Gasteiger partial charge in [-0.2, -0.15) is 0 Å². The second kappa shape index (κ2) is 7.87. The van der Waals surface area contributed by atoms with Crippen LogP contribution in [0, 0.1) is 5.82 Å². The van der Waals surface area contributed by atoms with E-state index in [1.54, 1.807) is 36.6 Å². The molecule has 3 rings (SSSR count). The van der Waals surface area contributed by atoms with Crippen LogP contribution >= 0.6 is 0 Å². The highest BCUT2D eigenvalue weighted by atomic mass is 32.2. The molecule has 3 N–H and O–H groups in total. The highest BCUT2D eigenvalue weighted by Crippen LogP contribution is 2.22. The molecule has 0 aliphatic carbocycles. The van der Waals surface area contributed by atoms with Crippen molar-refractivity contribution in [3.05, 3.63) is 77.6 Å². The monoisotopic (exact) mass is 406 g/mol. The number of hydrogen-bond donors (Lipinski definition) is 2. The van der Waals surface area contributed by atoms with E-state index in [9.17, 15) is 17.0 Å². The van der Waals surface area contributed by atoms with Gasteiger partial charge in [0.15, 0.2) is 0 Å². The summed E-state index contributed by atoms with van der Waals surface area (Å²) in [7, 11) is -5.96. The molecule has 3 aromatic rings. The van der Waals surface area contributed by atoms with Crippen LogP contribution in [0.3, 0.4) is 0 Å². The number of sulfonamides is 1. The van der Waals surface area contributed by atoms with Crippen molar-refractivity contribution < 1.29 is 21.4 Å². The van der Waals surface area contributed by atoms with Gasteiger partial charge in [-0.1, -0.05) is 24.3 Å². The number of nitrogens with two attached hydrogens (primary N) is 1. The minimum Gasteiger partial charge on any atom is -0.464 e. The third-order valence-corrected chi connectivity index (χ3v) is 5.34. The third kappa shape index (κ3) is 4.91. The number of benzene rings is 2. The molecule has 1 unspecified atom stereocenters. The predicted molar refractivity (Wildman–Crippen MR) is 103 cm³/mol. The largest absolute Gasteiger partial charge is 0.464 e. The highest BCUT2D eigenvalue weighted by Gasteiger charge is 2.13. The molecule has 6 nitrogen and oxygen atoms in total. The van der Waals surface area contributed by atoms with E-state index in [4.69, 9.17) is 9.56 Å². The van der Waals surface area contributed by atoms with E-state index in [-0.39, 0.29) is 10.6 Å². The first-order valence-corrected chi connectivity index (χ1v) is 10.4. The molecule has 0 aliphatic heterocycles. The van der Waals surface area contributed by atoms with Gasteiger partial charge >= 0.3 is 0 Å². The van der Waals surface area contributed by atoms with Gasteiger partial charge in [-0.25, -0.2) is 22.2 Å². The van der Waals surface area contributed by atoms with Gasteiger partial charge in [0.2, 0.25) is 0 Å². The van der Waals surface area contributed by atoms with Crippen molar-refractivity contribution in [2.45, 2.75) is 4.90 Å². The van der Waals surface area contributed by atoms with Crippen LogP contribution in [0.5, 0.6) is 0 Å². The lowest BCUT2D eigenvalue weighted by Crippen LogP contribution is -2.13. The molecule has 1 heterocycles. The summed E-state index contributed by atoms with van der Waals surface area (Å²) in [6.07, 6.45) is 2.97. The van der Waals surface area contributed by atoms with Crippen molar-refractivity contribution in [2.75, 3.05) is 4.72 Å². The van der Waals surface area contributed by atoms with Crippen molar-refractivity contribution in [3.8, 4) is 11.3 Å². The molecule has 9 heteroatoms. The summed E-state index contributed by atoms with van der Waals surface area (Å²) >= 11 is 0. The van der Waals surface area contributed by atoms with Crippen molar-refractivity contribution in [2.24, 2.45) is 5.14 Å². The first-order chi connectivity index (χ1) is 12.8. The molecule has 0 bridgehead atoms. The third-order valence-electron chi connectivity index (χ3n) is 3.57. The maximum absolute atomic E-state index is 13.3. The fourth-order valence-corrected chi connectivity index (χ4v) is 3.82. The average Bonchev–Trinajstić information content (AvgIpc) is 3.16. The summed E-state index contributed by atoms with van der Waals surface area (Å²) in [4.78, 5) is -0.144. The van der Waals surface area contributed by atoms with Gasteiger partial charge in [0.1, 0.15) is 22.6 Å². The number of furan rings is 1. The van der Waals surface area contributed by atoms with Crippen molar-refractivity contribution >= 4 is 32.8 Å². The van der Waals surface area contributed by atoms with Crippen LogP contribution in [0.15, 0.2) is 75.6 Å². The summed E-state index contributed by atoms with van der Waals surface area (Å²) in [5.41, 5.74) is 1.46. The zero-order valence-electron chi connectivity index (χ0n) is 13.8. The van der Waals surface area contributed by atoms with Crippen molar-refractivity contribution in [1.29, 1.82) is 0 Å². The molecule has 0 radical (unpaired) electrons. The Balaban J connectivity index is 1.77. The van der Waals surface area contributed by atoms with E-state index in [0.717, 1.165) is 23.1 Å². The van der Waals surface area contributed by atoms with Crippen LogP contribution in [0.25, 0.3) is 17.4 Å². The fraction of sp³-hybridized carbons (Fsp3) is 0. The van der Waals surface area contributed by atoms with Crippen molar-refractivity contribution in [3.63, 3.8) is 0 Å². The second-order valence-electron chi connectivity index (χ2n) is 5.49. The van der Waals surface area contributed by atoms with E-state index < -0.39 is 26.8 Å². The lowest BCUT2D eigenvalue weighted by molar-refractivity contribution is 0.582. The SMILES string of the molecule is NS(=O)c1cc(F)ccc1NS(=O)(=O)/C=C/c1ccc(-c2ccco2)cc1. The van der Waals surface area contributed by atoms with Crippen molar-refractivity contribution in [1.82, 2.24) is 0 Å². The quantitative estimate of drug-likeness (QED) is 0.654. The zero-order chi connectivity index (χ0) is 19.4. The zero-order valence-corrected chi connectivity index (χ0v) is 15.5. The molecule has 0 aliphatic rings. The molecule has 0 spiro atoms. The molecule has 1 aromatic heterocycles. The fourth-order valence-electron chi connectivity index (χ4n) is 2.30. The Bertz CT molecular complexity index is 1090. The first-order valence-electron chi connectivity index (χ1n) is 7.65. The normalized spacial score (nSPS) is 13.0. The topological polar surface area (TPSA) is 102 Å². The van der Waals surface area contributed by atoms with Crippen LogP contribution < -0.4 is 9.86 Å².